The zero-order valence-electron chi connectivity index (χ0n) is 12.3. The van der Waals surface area contributed by atoms with Gasteiger partial charge in [0.15, 0.2) is 17.4 Å². The van der Waals surface area contributed by atoms with Crippen molar-refractivity contribution in [3.63, 3.8) is 0 Å². The number of fused-ring (bicyclic) bond motifs is 1. The maximum absolute atomic E-state index is 11.3. The van der Waals surface area contributed by atoms with E-state index in [0.717, 1.165) is 6.26 Å². The minimum Gasteiger partial charge on any atom is -0.394 e. The van der Waals surface area contributed by atoms with Gasteiger partial charge in [0.25, 0.3) is 15.2 Å². The van der Waals surface area contributed by atoms with Gasteiger partial charge in [-0.3, -0.25) is 4.18 Å². The second-order valence-corrected chi connectivity index (χ2v) is 7.48. The molecular formula is C11H14ClN5O6S. The Morgan fingerprint density at radius 2 is 2.21 bits per heavy atom. The molecule has 0 saturated carbocycles. The van der Waals surface area contributed by atoms with Crippen molar-refractivity contribution in [2.24, 2.45) is 25.7 Å². The number of ether oxygens (including phenoxy) is 1. The molecular weight excluding hydrogens is 366 g/mol. The van der Waals surface area contributed by atoms with E-state index in [9.17, 15) is 18.6 Å². The minimum atomic E-state index is -3.92. The predicted molar refractivity (Wildman–Crippen MR) is 85.0 cm³/mol. The smallest absolute Gasteiger partial charge is 0.264 e. The third-order valence-electron chi connectivity index (χ3n) is 3.52. The van der Waals surface area contributed by atoms with Gasteiger partial charge < -0.3 is 20.7 Å². The number of aliphatic hydroxyl groups is 2. The van der Waals surface area contributed by atoms with Crippen LogP contribution in [-0.2, 0) is 19.0 Å². The first-order chi connectivity index (χ1) is 11.1. The Morgan fingerprint density at radius 1 is 1.50 bits per heavy atom. The molecule has 5 atom stereocenters. The van der Waals surface area contributed by atoms with E-state index in [-0.39, 0.29) is 17.4 Å². The van der Waals surface area contributed by atoms with Gasteiger partial charge in [-0.15, -0.1) is 0 Å². The summed E-state index contributed by atoms with van der Waals surface area (Å²) in [5.74, 6) is 0.0534. The predicted octanol–water partition coefficient (Wildman–Crippen LogP) is -2.40. The molecule has 0 aliphatic carbocycles. The quantitative estimate of drug-likeness (QED) is 0.277. The van der Waals surface area contributed by atoms with Crippen molar-refractivity contribution in [1.82, 2.24) is 0 Å². The van der Waals surface area contributed by atoms with Gasteiger partial charge in [-0.1, -0.05) is 11.6 Å². The Hall–Kier alpha value is -1.44. The van der Waals surface area contributed by atoms with Crippen LogP contribution in [0.2, 0.25) is 0 Å². The van der Waals surface area contributed by atoms with Crippen LogP contribution >= 0.6 is 11.6 Å². The van der Waals surface area contributed by atoms with Gasteiger partial charge in [0.05, 0.1) is 12.9 Å². The van der Waals surface area contributed by atoms with Gasteiger partial charge in [0.2, 0.25) is 0 Å². The first kappa shape index (κ1) is 17.4. The molecule has 3 aliphatic rings. The van der Waals surface area contributed by atoms with Crippen LogP contribution in [0.1, 0.15) is 0 Å². The lowest BCUT2D eigenvalue weighted by atomic mass is 10.1. The molecule has 3 heterocycles. The van der Waals surface area contributed by atoms with E-state index in [1.54, 1.807) is 0 Å². The van der Waals surface area contributed by atoms with Gasteiger partial charge in [-0.05, 0) is 0 Å². The molecule has 132 valence electrons. The summed E-state index contributed by atoms with van der Waals surface area (Å²) in [5, 5.41) is 17.9. The number of amidine groups is 2. The van der Waals surface area contributed by atoms with Crippen LogP contribution in [0.15, 0.2) is 20.0 Å². The Labute approximate surface area is 141 Å². The summed E-state index contributed by atoms with van der Waals surface area (Å²) >= 11 is 6.34. The summed E-state index contributed by atoms with van der Waals surface area (Å²) in [5.41, 5.74) is 6.01. The first-order valence-corrected chi connectivity index (χ1v) is 8.92. The molecule has 3 rings (SSSR count). The normalized spacial score (nSPS) is 38.6. The Morgan fingerprint density at radius 3 is 2.83 bits per heavy atom. The van der Waals surface area contributed by atoms with Gasteiger partial charge in [0.1, 0.15) is 30.8 Å². The molecule has 0 spiro atoms. The van der Waals surface area contributed by atoms with E-state index in [1.807, 2.05) is 0 Å². The van der Waals surface area contributed by atoms with Crippen molar-refractivity contribution in [1.29, 1.82) is 0 Å². The molecule has 0 aromatic rings. The average molecular weight is 380 g/mol. The highest BCUT2D eigenvalue weighted by molar-refractivity contribution is 7.86. The zero-order valence-corrected chi connectivity index (χ0v) is 13.8. The molecule has 1 unspecified atom stereocenters. The van der Waals surface area contributed by atoms with Crippen LogP contribution in [-0.4, -0.2) is 84.8 Å². The van der Waals surface area contributed by atoms with Crippen molar-refractivity contribution in [3.8, 4) is 0 Å². The molecule has 0 aromatic heterocycles. The summed E-state index contributed by atoms with van der Waals surface area (Å²) in [6.07, 6.45) is -3.36. The van der Waals surface area contributed by atoms with Crippen LogP contribution in [0.5, 0.6) is 0 Å². The highest BCUT2D eigenvalue weighted by Crippen LogP contribution is 2.38. The summed E-state index contributed by atoms with van der Waals surface area (Å²) in [6, 6.07) is 0. The van der Waals surface area contributed by atoms with Crippen LogP contribution in [0.4, 0.5) is 0 Å². The van der Waals surface area contributed by atoms with E-state index in [4.69, 9.17) is 26.3 Å². The Kier molecular flexibility index (Phi) is 4.22. The maximum Gasteiger partial charge on any atom is 0.264 e. The summed E-state index contributed by atoms with van der Waals surface area (Å²) < 4.78 is 32.9. The second kappa shape index (κ2) is 5.82. The fourth-order valence-corrected chi connectivity index (χ4v) is 3.55. The molecule has 13 heteroatoms. The van der Waals surface area contributed by atoms with Crippen LogP contribution in [0, 0.1) is 0 Å². The van der Waals surface area contributed by atoms with Crippen molar-refractivity contribution < 1.29 is 27.6 Å². The third-order valence-corrected chi connectivity index (χ3v) is 4.48. The van der Waals surface area contributed by atoms with Crippen molar-refractivity contribution in [2.75, 3.05) is 12.9 Å². The molecule has 24 heavy (non-hydrogen) atoms. The molecule has 3 aliphatic heterocycles. The lowest BCUT2D eigenvalue weighted by molar-refractivity contribution is -0.0319. The summed E-state index contributed by atoms with van der Waals surface area (Å²) in [7, 11) is -3.92. The van der Waals surface area contributed by atoms with Crippen LogP contribution in [0.25, 0.3) is 0 Å². The standard InChI is InChI=1S/C11H14ClN5O6S/c1-24(20,21)23-7-4(2-18)22-8(6(7)19)11(12)16-9(13)5-10(17-11)15-3-14-5/h3-4,6-8,18-19H,2H2,1H3,(H2,13,16)/t4-,6-,7+,8-,11?/m1/s1. The Bertz CT molecular complexity index is 780. The van der Waals surface area contributed by atoms with Gasteiger partial charge in [-0.2, -0.15) is 8.42 Å². The minimum absolute atomic E-state index is 0.0590. The SMILES string of the molecule is CS(=O)(=O)O[C@@H]1[C@@H](O)[C@H](C2(Cl)N=C(N)C3=NC=NC3=N2)O[C@@H]1CO. The fourth-order valence-electron chi connectivity index (χ4n) is 2.56. The van der Waals surface area contributed by atoms with Crippen molar-refractivity contribution >= 4 is 45.4 Å². The van der Waals surface area contributed by atoms with Crippen LogP contribution in [0.3, 0.4) is 0 Å². The number of aliphatic hydroxyl groups excluding tert-OH is 2. The maximum atomic E-state index is 11.3. The monoisotopic (exact) mass is 379 g/mol. The topological polar surface area (TPSA) is 169 Å². The lowest BCUT2D eigenvalue weighted by Gasteiger charge is -2.30. The van der Waals surface area contributed by atoms with Gasteiger partial charge >= 0.3 is 0 Å². The number of rotatable bonds is 4. The van der Waals surface area contributed by atoms with Crippen molar-refractivity contribution in [2.45, 2.75) is 29.5 Å². The largest absolute Gasteiger partial charge is 0.394 e. The van der Waals surface area contributed by atoms with E-state index in [0.29, 0.717) is 0 Å². The average Bonchev–Trinajstić information content (AvgIpc) is 3.03. The van der Waals surface area contributed by atoms with E-state index < -0.39 is 46.3 Å². The highest BCUT2D eigenvalue weighted by Gasteiger charge is 2.56. The number of hydrogen-bond acceptors (Lipinski definition) is 11. The molecule has 0 bridgehead atoms. The molecule has 1 fully saturated rings. The Balaban J connectivity index is 1.93. The molecule has 0 amide bonds. The molecule has 0 radical (unpaired) electrons. The second-order valence-electron chi connectivity index (χ2n) is 5.32. The molecule has 0 aromatic carbocycles. The zero-order chi connectivity index (χ0) is 17.7. The molecule has 4 N–H and O–H groups in total. The van der Waals surface area contributed by atoms with Crippen molar-refractivity contribution in [3.05, 3.63) is 0 Å². The first-order valence-electron chi connectivity index (χ1n) is 6.72. The summed E-state index contributed by atoms with van der Waals surface area (Å²) in [6.45, 7) is -0.610. The number of halogens is 1. The third kappa shape index (κ3) is 2.96. The van der Waals surface area contributed by atoms with Crippen LogP contribution < -0.4 is 5.73 Å². The van der Waals surface area contributed by atoms with Gasteiger partial charge in [-0.25, -0.2) is 20.0 Å². The number of nitrogens with two attached hydrogens (primary N) is 1. The van der Waals surface area contributed by atoms with E-state index >= 15 is 0 Å². The number of alkyl halides is 1. The number of aliphatic imine (C=N–C) groups is 4. The highest BCUT2D eigenvalue weighted by atomic mass is 35.5. The number of hydrogen-bond donors (Lipinski definition) is 3. The summed E-state index contributed by atoms with van der Waals surface area (Å²) in [4.78, 5) is 15.8. The molecule has 11 nitrogen and oxygen atoms in total. The molecule has 1 saturated heterocycles. The number of nitrogens with zero attached hydrogens (tertiary/aromatic N) is 4. The fraction of sp³-hybridized carbons (Fsp3) is 0.636. The van der Waals surface area contributed by atoms with E-state index in [1.165, 1.54) is 6.34 Å². The lowest BCUT2D eigenvalue weighted by Crippen LogP contribution is -2.49. The van der Waals surface area contributed by atoms with Gasteiger partial charge in [0, 0.05) is 0 Å². The van der Waals surface area contributed by atoms with E-state index in [2.05, 4.69) is 20.0 Å².